The molecule has 2 heterocycles. The average Bonchev–Trinajstić information content (AvgIpc) is 3.41. The largest absolute Gasteiger partial charge is 0.344 e. The van der Waals surface area contributed by atoms with Gasteiger partial charge in [0.1, 0.15) is 12.7 Å². The fourth-order valence-corrected chi connectivity index (χ4v) is 3.54. The lowest BCUT2D eigenvalue weighted by Crippen LogP contribution is -2.28. The summed E-state index contributed by atoms with van der Waals surface area (Å²) in [6, 6.07) is 8.20. The van der Waals surface area contributed by atoms with Crippen LogP contribution in [-0.4, -0.2) is 41.7 Å². The zero-order valence-corrected chi connectivity index (χ0v) is 15.8. The van der Waals surface area contributed by atoms with E-state index in [9.17, 15) is 4.79 Å². The number of nitrogens with one attached hydrogen (secondary N) is 1. The highest BCUT2D eigenvalue weighted by atomic mass is 16.2. The van der Waals surface area contributed by atoms with E-state index < -0.39 is 0 Å². The van der Waals surface area contributed by atoms with Gasteiger partial charge in [-0.3, -0.25) is 4.79 Å². The highest BCUT2D eigenvalue weighted by Crippen LogP contribution is 2.26. The first-order valence-electron chi connectivity index (χ1n) is 9.53. The summed E-state index contributed by atoms with van der Waals surface area (Å²) in [7, 11) is 0. The molecule has 1 amide bonds. The molecule has 3 N–H and O–H groups in total. The van der Waals surface area contributed by atoms with Gasteiger partial charge >= 0.3 is 0 Å². The van der Waals surface area contributed by atoms with Gasteiger partial charge in [0.15, 0.2) is 5.69 Å². The van der Waals surface area contributed by atoms with E-state index in [1.807, 2.05) is 31.2 Å². The Morgan fingerprint density at radius 1 is 1.21 bits per heavy atom. The van der Waals surface area contributed by atoms with E-state index in [0.29, 0.717) is 5.69 Å². The summed E-state index contributed by atoms with van der Waals surface area (Å²) in [6.07, 6.45) is 8.77. The number of nitrogens with two attached hydrogens (primary N) is 1. The summed E-state index contributed by atoms with van der Waals surface area (Å²) in [6.45, 7) is 1.94. The van der Waals surface area contributed by atoms with Gasteiger partial charge in [0, 0.05) is 6.04 Å². The van der Waals surface area contributed by atoms with Crippen molar-refractivity contribution in [1.29, 1.82) is 0 Å². The molecule has 1 unspecified atom stereocenters. The number of carbonyl (C=O) groups is 1. The van der Waals surface area contributed by atoms with E-state index in [4.69, 9.17) is 5.73 Å². The number of rotatable bonds is 5. The maximum Gasteiger partial charge on any atom is 0.273 e. The van der Waals surface area contributed by atoms with Gasteiger partial charge in [-0.2, -0.15) is 5.10 Å². The Morgan fingerprint density at radius 2 is 1.96 bits per heavy atom. The molecule has 1 saturated carbocycles. The minimum atomic E-state index is -0.230. The molecular formula is C19H24N8O. The van der Waals surface area contributed by atoms with Crippen LogP contribution >= 0.6 is 0 Å². The zero-order valence-electron chi connectivity index (χ0n) is 15.8. The number of hydrogen-bond acceptors (Lipinski definition) is 6. The summed E-state index contributed by atoms with van der Waals surface area (Å²) >= 11 is 0. The Kier molecular flexibility index (Phi) is 5.16. The van der Waals surface area contributed by atoms with Gasteiger partial charge in [0.2, 0.25) is 0 Å². The van der Waals surface area contributed by atoms with Gasteiger partial charge < -0.3 is 11.1 Å². The van der Waals surface area contributed by atoms with Crippen LogP contribution in [0.3, 0.4) is 0 Å². The molecule has 3 aromatic rings. The van der Waals surface area contributed by atoms with E-state index in [-0.39, 0.29) is 24.0 Å². The lowest BCUT2D eigenvalue weighted by atomic mass is 9.92. The van der Waals surface area contributed by atoms with Crippen LogP contribution in [0.1, 0.15) is 60.7 Å². The van der Waals surface area contributed by atoms with Crippen molar-refractivity contribution in [1.82, 2.24) is 35.1 Å². The minimum absolute atomic E-state index is 0.157. The van der Waals surface area contributed by atoms with Crippen LogP contribution < -0.4 is 11.1 Å². The van der Waals surface area contributed by atoms with Crippen molar-refractivity contribution in [3.8, 4) is 5.69 Å². The normalized spacial score (nSPS) is 20.6. The first-order chi connectivity index (χ1) is 13.6. The fraction of sp³-hybridized carbons (Fsp3) is 0.421. The molecule has 1 aromatic carbocycles. The molecule has 2 aromatic heterocycles. The number of amides is 1. The smallest absolute Gasteiger partial charge is 0.273 e. The first kappa shape index (κ1) is 18.3. The summed E-state index contributed by atoms with van der Waals surface area (Å²) < 4.78 is 3.49. The van der Waals surface area contributed by atoms with Gasteiger partial charge in [0.05, 0.1) is 24.0 Å². The zero-order chi connectivity index (χ0) is 19.5. The van der Waals surface area contributed by atoms with Crippen molar-refractivity contribution < 1.29 is 4.79 Å². The number of hydrogen-bond donors (Lipinski definition) is 2. The molecule has 0 radical (unpaired) electrons. The SMILES string of the molecule is CC(NC(=O)c1cn(C2CCC(N)CC2)nn1)c1ccc(-n2cncn2)cc1. The minimum Gasteiger partial charge on any atom is -0.344 e. The molecule has 0 saturated heterocycles. The monoisotopic (exact) mass is 380 g/mol. The molecule has 0 spiro atoms. The van der Waals surface area contributed by atoms with E-state index in [0.717, 1.165) is 36.9 Å². The third kappa shape index (κ3) is 3.94. The second kappa shape index (κ2) is 7.89. The van der Waals surface area contributed by atoms with Gasteiger partial charge in [-0.1, -0.05) is 17.3 Å². The predicted molar refractivity (Wildman–Crippen MR) is 103 cm³/mol. The standard InChI is InChI=1S/C19H24N8O/c1-13(14-2-6-17(7-3-14)27-12-21-11-22-27)23-19(28)18-10-26(25-24-18)16-8-4-15(20)5-9-16/h2-3,6-7,10-13,15-16H,4-5,8-9,20H2,1H3,(H,23,28). The number of benzene rings is 1. The van der Waals surface area contributed by atoms with Crippen molar-refractivity contribution in [2.24, 2.45) is 5.73 Å². The number of carbonyl (C=O) groups excluding carboxylic acids is 1. The highest BCUT2D eigenvalue weighted by Gasteiger charge is 2.22. The van der Waals surface area contributed by atoms with Crippen molar-refractivity contribution >= 4 is 5.91 Å². The van der Waals surface area contributed by atoms with Gasteiger partial charge in [-0.15, -0.1) is 5.10 Å². The Labute approximate surface area is 162 Å². The molecule has 0 bridgehead atoms. The van der Waals surface area contributed by atoms with Gasteiger partial charge in [-0.05, 0) is 50.3 Å². The third-order valence-electron chi connectivity index (χ3n) is 5.28. The predicted octanol–water partition coefficient (Wildman–Crippen LogP) is 1.79. The third-order valence-corrected chi connectivity index (χ3v) is 5.28. The molecule has 0 aliphatic heterocycles. The second-order valence-corrected chi connectivity index (χ2v) is 7.28. The van der Waals surface area contributed by atoms with Crippen LogP contribution in [0.4, 0.5) is 0 Å². The Morgan fingerprint density at radius 3 is 2.64 bits per heavy atom. The quantitative estimate of drug-likeness (QED) is 0.697. The molecule has 1 fully saturated rings. The molecule has 9 nitrogen and oxygen atoms in total. The van der Waals surface area contributed by atoms with Crippen LogP contribution in [0, 0.1) is 0 Å². The number of nitrogens with zero attached hydrogens (tertiary/aromatic N) is 6. The van der Waals surface area contributed by atoms with Gasteiger partial charge in [-0.25, -0.2) is 14.3 Å². The molecule has 1 aliphatic rings. The van der Waals surface area contributed by atoms with E-state index in [1.54, 1.807) is 21.9 Å². The maximum absolute atomic E-state index is 12.6. The summed E-state index contributed by atoms with van der Waals surface area (Å²) in [5.41, 5.74) is 8.20. The molecule has 146 valence electrons. The van der Waals surface area contributed by atoms with Gasteiger partial charge in [0.25, 0.3) is 5.91 Å². The summed E-state index contributed by atoms with van der Waals surface area (Å²) in [4.78, 5) is 16.5. The summed E-state index contributed by atoms with van der Waals surface area (Å²) in [5.74, 6) is -0.230. The molecule has 28 heavy (non-hydrogen) atoms. The Balaban J connectivity index is 1.38. The summed E-state index contributed by atoms with van der Waals surface area (Å²) in [5, 5.41) is 15.3. The fourth-order valence-electron chi connectivity index (χ4n) is 3.54. The Bertz CT molecular complexity index is 910. The van der Waals surface area contributed by atoms with E-state index in [1.165, 1.54) is 6.33 Å². The van der Waals surface area contributed by atoms with Crippen LogP contribution in [-0.2, 0) is 0 Å². The molecule has 1 aliphatic carbocycles. The van der Waals surface area contributed by atoms with Crippen molar-refractivity contribution in [2.45, 2.75) is 50.7 Å². The van der Waals surface area contributed by atoms with Crippen LogP contribution in [0.15, 0.2) is 43.1 Å². The molecule has 4 rings (SSSR count). The van der Waals surface area contributed by atoms with Crippen LogP contribution in [0.25, 0.3) is 5.69 Å². The average molecular weight is 380 g/mol. The molecule has 9 heteroatoms. The lowest BCUT2D eigenvalue weighted by Gasteiger charge is -2.25. The van der Waals surface area contributed by atoms with Crippen LogP contribution in [0.5, 0.6) is 0 Å². The second-order valence-electron chi connectivity index (χ2n) is 7.28. The topological polar surface area (TPSA) is 117 Å². The Hall–Kier alpha value is -3.07. The van der Waals surface area contributed by atoms with Crippen LogP contribution in [0.2, 0.25) is 0 Å². The van der Waals surface area contributed by atoms with Crippen molar-refractivity contribution in [3.05, 3.63) is 54.4 Å². The van der Waals surface area contributed by atoms with E-state index in [2.05, 4.69) is 25.7 Å². The molecule has 1 atom stereocenters. The first-order valence-corrected chi connectivity index (χ1v) is 9.53. The van der Waals surface area contributed by atoms with E-state index >= 15 is 0 Å². The van der Waals surface area contributed by atoms with Crippen molar-refractivity contribution in [3.63, 3.8) is 0 Å². The highest BCUT2D eigenvalue weighted by molar-refractivity contribution is 5.92. The maximum atomic E-state index is 12.6. The molecular weight excluding hydrogens is 356 g/mol. The number of aromatic nitrogens is 6. The van der Waals surface area contributed by atoms with Crippen molar-refractivity contribution in [2.75, 3.05) is 0 Å². The lowest BCUT2D eigenvalue weighted by molar-refractivity contribution is 0.0934.